The monoisotopic (exact) mass is 221 g/mol. The Morgan fingerprint density at radius 1 is 1.25 bits per heavy atom. The van der Waals surface area contributed by atoms with Crippen molar-refractivity contribution in [3.05, 3.63) is 29.8 Å². The maximum Gasteiger partial charge on any atom is 0.265 e. The first-order valence-electron chi connectivity index (χ1n) is 5.45. The van der Waals surface area contributed by atoms with E-state index in [2.05, 4.69) is 17.7 Å². The van der Waals surface area contributed by atoms with Crippen LogP contribution in [-0.2, 0) is 0 Å². The van der Waals surface area contributed by atoms with Gasteiger partial charge in [-0.1, -0.05) is 6.92 Å². The van der Waals surface area contributed by atoms with Gasteiger partial charge in [0.1, 0.15) is 0 Å². The van der Waals surface area contributed by atoms with Gasteiger partial charge in [-0.25, -0.2) is 5.01 Å². The SMILES string of the molecule is CCCNc1ccc(C(=O)NN(C)C)cc1. The van der Waals surface area contributed by atoms with E-state index in [9.17, 15) is 4.79 Å². The largest absolute Gasteiger partial charge is 0.385 e. The van der Waals surface area contributed by atoms with Gasteiger partial charge in [0.05, 0.1) is 0 Å². The van der Waals surface area contributed by atoms with Crippen molar-refractivity contribution in [1.82, 2.24) is 10.4 Å². The van der Waals surface area contributed by atoms with Crippen LogP contribution in [0.2, 0.25) is 0 Å². The number of amides is 1. The Morgan fingerprint density at radius 3 is 2.38 bits per heavy atom. The van der Waals surface area contributed by atoms with Crippen molar-refractivity contribution in [2.24, 2.45) is 0 Å². The fourth-order valence-electron chi connectivity index (χ4n) is 1.28. The molecule has 1 rings (SSSR count). The van der Waals surface area contributed by atoms with E-state index in [4.69, 9.17) is 0 Å². The molecule has 4 nitrogen and oxygen atoms in total. The van der Waals surface area contributed by atoms with Gasteiger partial charge in [0.25, 0.3) is 5.91 Å². The molecule has 0 aliphatic heterocycles. The normalized spacial score (nSPS) is 10.2. The summed E-state index contributed by atoms with van der Waals surface area (Å²) >= 11 is 0. The maximum atomic E-state index is 11.6. The molecular formula is C12H19N3O. The molecule has 0 spiro atoms. The first-order valence-corrected chi connectivity index (χ1v) is 5.45. The number of rotatable bonds is 5. The number of carbonyl (C=O) groups excluding carboxylic acids is 1. The molecule has 88 valence electrons. The lowest BCUT2D eigenvalue weighted by Crippen LogP contribution is -2.36. The fraction of sp³-hybridized carbons (Fsp3) is 0.417. The molecule has 1 aromatic carbocycles. The zero-order valence-corrected chi connectivity index (χ0v) is 10.1. The Kier molecular flexibility index (Phi) is 4.79. The summed E-state index contributed by atoms with van der Waals surface area (Å²) in [6, 6.07) is 7.47. The molecule has 16 heavy (non-hydrogen) atoms. The highest BCUT2D eigenvalue weighted by Gasteiger charge is 2.05. The van der Waals surface area contributed by atoms with Crippen LogP contribution in [0, 0.1) is 0 Å². The van der Waals surface area contributed by atoms with Gasteiger partial charge in [0, 0.05) is 31.9 Å². The van der Waals surface area contributed by atoms with Crippen molar-refractivity contribution in [3.63, 3.8) is 0 Å². The second kappa shape index (κ2) is 6.12. The molecule has 0 fully saturated rings. The minimum atomic E-state index is -0.0907. The average molecular weight is 221 g/mol. The Bertz CT molecular complexity index is 333. The molecular weight excluding hydrogens is 202 g/mol. The zero-order valence-electron chi connectivity index (χ0n) is 10.1. The fourth-order valence-corrected chi connectivity index (χ4v) is 1.28. The number of hydrogen-bond acceptors (Lipinski definition) is 3. The van der Waals surface area contributed by atoms with Crippen LogP contribution in [0.25, 0.3) is 0 Å². The molecule has 2 N–H and O–H groups in total. The predicted molar refractivity (Wildman–Crippen MR) is 66.4 cm³/mol. The highest BCUT2D eigenvalue weighted by Crippen LogP contribution is 2.09. The molecule has 4 heteroatoms. The minimum Gasteiger partial charge on any atom is -0.385 e. The third kappa shape index (κ3) is 3.90. The third-order valence-corrected chi connectivity index (χ3v) is 2.05. The summed E-state index contributed by atoms with van der Waals surface area (Å²) in [5.41, 5.74) is 4.40. The number of hydrogen-bond donors (Lipinski definition) is 2. The Labute approximate surface area is 96.6 Å². The lowest BCUT2D eigenvalue weighted by atomic mass is 10.2. The maximum absolute atomic E-state index is 11.6. The van der Waals surface area contributed by atoms with E-state index in [0.29, 0.717) is 5.56 Å². The van der Waals surface area contributed by atoms with Gasteiger partial charge in [-0.2, -0.15) is 0 Å². The van der Waals surface area contributed by atoms with Gasteiger partial charge in [-0.15, -0.1) is 0 Å². The molecule has 0 saturated heterocycles. The Hall–Kier alpha value is -1.55. The predicted octanol–water partition coefficient (Wildman–Crippen LogP) is 1.71. The average Bonchev–Trinajstić information content (AvgIpc) is 2.26. The number of anilines is 1. The lowest BCUT2D eigenvalue weighted by Gasteiger charge is -2.12. The van der Waals surface area contributed by atoms with E-state index in [0.717, 1.165) is 18.7 Å². The van der Waals surface area contributed by atoms with Crippen LogP contribution in [-0.4, -0.2) is 31.6 Å². The molecule has 1 amide bonds. The smallest absolute Gasteiger partial charge is 0.265 e. The van der Waals surface area contributed by atoms with Crippen LogP contribution in [0.3, 0.4) is 0 Å². The van der Waals surface area contributed by atoms with E-state index in [1.165, 1.54) is 0 Å². The van der Waals surface area contributed by atoms with Gasteiger partial charge in [-0.05, 0) is 30.7 Å². The van der Waals surface area contributed by atoms with Crippen molar-refractivity contribution >= 4 is 11.6 Å². The van der Waals surface area contributed by atoms with E-state index in [1.807, 2.05) is 24.3 Å². The molecule has 0 aromatic heterocycles. The molecule has 1 aromatic rings. The van der Waals surface area contributed by atoms with Crippen molar-refractivity contribution in [2.75, 3.05) is 26.0 Å². The van der Waals surface area contributed by atoms with Crippen molar-refractivity contribution in [2.45, 2.75) is 13.3 Å². The quantitative estimate of drug-likeness (QED) is 0.744. The molecule has 0 heterocycles. The first-order chi connectivity index (χ1) is 7.63. The van der Waals surface area contributed by atoms with Crippen molar-refractivity contribution in [3.8, 4) is 0 Å². The van der Waals surface area contributed by atoms with Crippen LogP contribution in [0.4, 0.5) is 5.69 Å². The minimum absolute atomic E-state index is 0.0907. The third-order valence-electron chi connectivity index (χ3n) is 2.05. The molecule has 0 radical (unpaired) electrons. The zero-order chi connectivity index (χ0) is 12.0. The second-order valence-electron chi connectivity index (χ2n) is 3.84. The summed E-state index contributed by atoms with van der Waals surface area (Å²) < 4.78 is 0. The molecule has 0 saturated carbocycles. The highest BCUT2D eigenvalue weighted by molar-refractivity contribution is 5.94. The summed E-state index contributed by atoms with van der Waals surface area (Å²) in [5.74, 6) is -0.0907. The Morgan fingerprint density at radius 2 is 1.88 bits per heavy atom. The molecule has 0 aliphatic rings. The molecule has 0 unspecified atom stereocenters. The van der Waals surface area contributed by atoms with Gasteiger partial charge in [-0.3, -0.25) is 10.2 Å². The van der Waals surface area contributed by atoms with Crippen LogP contribution < -0.4 is 10.7 Å². The number of carbonyl (C=O) groups is 1. The van der Waals surface area contributed by atoms with E-state index < -0.39 is 0 Å². The first kappa shape index (κ1) is 12.5. The number of nitrogens with one attached hydrogen (secondary N) is 2. The summed E-state index contributed by atoms with van der Waals surface area (Å²) in [6.45, 7) is 3.06. The summed E-state index contributed by atoms with van der Waals surface area (Å²) in [5, 5.41) is 4.89. The standard InChI is InChI=1S/C12H19N3O/c1-4-9-13-11-7-5-10(6-8-11)12(16)14-15(2)3/h5-8,13H,4,9H2,1-3H3,(H,14,16). The number of benzene rings is 1. The highest BCUT2D eigenvalue weighted by atomic mass is 16.2. The van der Waals surface area contributed by atoms with Crippen LogP contribution in [0.5, 0.6) is 0 Å². The van der Waals surface area contributed by atoms with E-state index >= 15 is 0 Å². The van der Waals surface area contributed by atoms with Crippen LogP contribution in [0.15, 0.2) is 24.3 Å². The number of nitrogens with zero attached hydrogens (tertiary/aromatic N) is 1. The summed E-state index contributed by atoms with van der Waals surface area (Å²) in [7, 11) is 3.57. The Balaban J connectivity index is 2.60. The van der Waals surface area contributed by atoms with Crippen LogP contribution >= 0.6 is 0 Å². The second-order valence-corrected chi connectivity index (χ2v) is 3.84. The summed E-state index contributed by atoms with van der Waals surface area (Å²) in [4.78, 5) is 11.6. The lowest BCUT2D eigenvalue weighted by molar-refractivity contribution is 0.0857. The van der Waals surface area contributed by atoms with Gasteiger partial charge >= 0.3 is 0 Å². The van der Waals surface area contributed by atoms with Crippen molar-refractivity contribution < 1.29 is 4.79 Å². The van der Waals surface area contributed by atoms with E-state index in [-0.39, 0.29) is 5.91 Å². The van der Waals surface area contributed by atoms with Crippen LogP contribution in [0.1, 0.15) is 23.7 Å². The van der Waals surface area contributed by atoms with Gasteiger partial charge in [0.2, 0.25) is 0 Å². The van der Waals surface area contributed by atoms with Gasteiger partial charge < -0.3 is 5.32 Å². The van der Waals surface area contributed by atoms with Gasteiger partial charge in [0.15, 0.2) is 0 Å². The molecule has 0 atom stereocenters. The van der Waals surface area contributed by atoms with E-state index in [1.54, 1.807) is 19.1 Å². The number of hydrazine groups is 1. The summed E-state index contributed by atoms with van der Waals surface area (Å²) in [6.07, 6.45) is 1.09. The van der Waals surface area contributed by atoms with Crippen molar-refractivity contribution in [1.29, 1.82) is 0 Å². The molecule has 0 bridgehead atoms. The molecule has 0 aliphatic carbocycles. The topological polar surface area (TPSA) is 44.4 Å².